The van der Waals surface area contributed by atoms with Gasteiger partial charge in [-0.15, -0.1) is 0 Å². The zero-order valence-corrected chi connectivity index (χ0v) is 21.4. The van der Waals surface area contributed by atoms with Crippen molar-refractivity contribution < 1.29 is 12.6 Å². The van der Waals surface area contributed by atoms with E-state index in [1.807, 2.05) is 91.0 Å². The standard InChI is InChI=1S/C8H6Cl2O3.3C6H5.Sn/c9-5-1-2-7(6(10)3-5)13-4-8(11)12;3*1-2-4-6-5-3-1;/h1-3H,4H2,(H,11,12);3*1-5H;/q;;;;+1/p-1. The van der Waals surface area contributed by atoms with Crippen LogP contribution in [0.4, 0.5) is 0 Å². The molecular weight excluding hydrogens is 550 g/mol. The fourth-order valence-corrected chi connectivity index (χ4v) is 14.8. The molecule has 0 aliphatic heterocycles. The number of hydrogen-bond donors (Lipinski definition) is 0. The van der Waals surface area contributed by atoms with Gasteiger partial charge in [-0.05, 0) is 0 Å². The van der Waals surface area contributed by atoms with Gasteiger partial charge in [-0.2, -0.15) is 0 Å². The van der Waals surface area contributed by atoms with Crippen molar-refractivity contribution in [3.05, 3.63) is 119 Å². The first-order valence-corrected chi connectivity index (χ1v) is 16.3. The topological polar surface area (TPSA) is 35.5 Å². The van der Waals surface area contributed by atoms with Crippen molar-refractivity contribution in [2.45, 2.75) is 0 Å². The molecule has 3 nitrogen and oxygen atoms in total. The first-order chi connectivity index (χ1) is 15.6. The number of rotatable bonds is 7. The van der Waals surface area contributed by atoms with E-state index in [9.17, 15) is 4.79 Å². The van der Waals surface area contributed by atoms with Crippen LogP contribution in [0.3, 0.4) is 0 Å². The molecule has 0 aliphatic carbocycles. The summed E-state index contributed by atoms with van der Waals surface area (Å²) in [5, 5.41) is 0.839. The zero-order valence-electron chi connectivity index (χ0n) is 17.1. The molecule has 0 amide bonds. The van der Waals surface area contributed by atoms with E-state index in [0.29, 0.717) is 15.8 Å². The average Bonchev–Trinajstić information content (AvgIpc) is 2.84. The maximum atomic E-state index is 13.2. The molecule has 0 radical (unpaired) electrons. The summed E-state index contributed by atoms with van der Waals surface area (Å²) < 4.78 is 15.3. The van der Waals surface area contributed by atoms with Crippen molar-refractivity contribution in [2.24, 2.45) is 0 Å². The van der Waals surface area contributed by atoms with E-state index in [0.717, 1.165) is 10.7 Å². The average molecular weight is 570 g/mol. The number of carbonyl (C=O) groups excluding carboxylic acids is 1. The van der Waals surface area contributed by atoms with Gasteiger partial charge in [0.1, 0.15) is 0 Å². The van der Waals surface area contributed by atoms with Crippen molar-refractivity contribution in [3.63, 3.8) is 0 Å². The van der Waals surface area contributed by atoms with Crippen LogP contribution < -0.4 is 15.5 Å². The minimum absolute atomic E-state index is 0.257. The van der Waals surface area contributed by atoms with Gasteiger partial charge in [-0.3, -0.25) is 0 Å². The van der Waals surface area contributed by atoms with Crippen LogP contribution in [0.25, 0.3) is 0 Å². The van der Waals surface area contributed by atoms with Gasteiger partial charge in [-0.1, -0.05) is 0 Å². The molecule has 0 bridgehead atoms. The summed E-state index contributed by atoms with van der Waals surface area (Å²) >= 11 is 7.98. The van der Waals surface area contributed by atoms with Crippen molar-refractivity contribution in [3.8, 4) is 5.75 Å². The molecule has 0 fully saturated rings. The van der Waals surface area contributed by atoms with Crippen molar-refractivity contribution in [1.29, 1.82) is 0 Å². The van der Waals surface area contributed by atoms with Crippen LogP contribution in [0.1, 0.15) is 0 Å². The maximum absolute atomic E-state index is 13.2. The molecular formula is C26H20Cl2O3Sn. The van der Waals surface area contributed by atoms with Crippen LogP contribution in [-0.2, 0) is 7.87 Å². The predicted octanol–water partition coefficient (Wildman–Crippen LogP) is 4.58. The summed E-state index contributed by atoms with van der Waals surface area (Å²) in [5.41, 5.74) is 0. The van der Waals surface area contributed by atoms with E-state index in [-0.39, 0.29) is 6.61 Å². The molecule has 4 aromatic carbocycles. The van der Waals surface area contributed by atoms with E-state index in [2.05, 4.69) is 0 Å². The Balaban J connectivity index is 1.73. The van der Waals surface area contributed by atoms with Crippen LogP contribution in [-0.4, -0.2) is 31.4 Å². The Morgan fingerprint density at radius 3 is 1.59 bits per heavy atom. The Morgan fingerprint density at radius 1 is 0.688 bits per heavy atom. The Labute approximate surface area is 201 Å². The molecule has 4 aromatic rings. The summed E-state index contributed by atoms with van der Waals surface area (Å²) in [6, 6.07) is 34.9. The Bertz CT molecular complexity index is 1090. The summed E-state index contributed by atoms with van der Waals surface area (Å²) in [4.78, 5) is 13.2. The molecule has 0 atom stereocenters. The molecule has 0 saturated carbocycles. The molecule has 0 heterocycles. The molecule has 0 aromatic heterocycles. The first kappa shape index (κ1) is 22.7. The Hall–Kier alpha value is -2.47. The van der Waals surface area contributed by atoms with Gasteiger partial charge >= 0.3 is 203 Å². The number of halogens is 2. The summed E-state index contributed by atoms with van der Waals surface area (Å²) in [6.07, 6.45) is 0. The van der Waals surface area contributed by atoms with Gasteiger partial charge in [0.25, 0.3) is 0 Å². The SMILES string of the molecule is O=C(COc1ccc(Cl)cc1Cl)[O][Sn]([c]1ccccc1)([c]1ccccc1)[c]1ccccc1. The third-order valence-corrected chi connectivity index (χ3v) is 16.9. The normalized spacial score (nSPS) is 11.1. The molecule has 0 spiro atoms. The fraction of sp³-hybridized carbons (Fsp3) is 0.0385. The second kappa shape index (κ2) is 10.4. The van der Waals surface area contributed by atoms with Gasteiger partial charge in [0.05, 0.1) is 0 Å². The van der Waals surface area contributed by atoms with Gasteiger partial charge in [0, 0.05) is 0 Å². The van der Waals surface area contributed by atoms with Crippen LogP contribution in [0.5, 0.6) is 5.75 Å². The summed E-state index contributed by atoms with van der Waals surface area (Å²) in [7, 11) is 0. The van der Waals surface area contributed by atoms with Gasteiger partial charge in [0.15, 0.2) is 0 Å². The van der Waals surface area contributed by atoms with E-state index in [4.69, 9.17) is 31.0 Å². The molecule has 0 N–H and O–H groups in total. The zero-order chi connectivity index (χ0) is 22.4. The number of carbonyl (C=O) groups is 1. The second-order valence-electron chi connectivity index (χ2n) is 7.12. The van der Waals surface area contributed by atoms with E-state index < -0.39 is 24.8 Å². The Morgan fingerprint density at radius 2 is 1.16 bits per heavy atom. The molecule has 0 saturated heterocycles. The van der Waals surface area contributed by atoms with E-state index in [1.54, 1.807) is 18.2 Å². The van der Waals surface area contributed by atoms with Gasteiger partial charge in [-0.25, -0.2) is 0 Å². The fourth-order valence-electron chi connectivity index (χ4n) is 3.62. The summed E-state index contributed by atoms with van der Waals surface area (Å²) in [6.45, 7) is -0.257. The van der Waals surface area contributed by atoms with Crippen LogP contribution >= 0.6 is 23.2 Å². The Kier molecular flexibility index (Phi) is 7.40. The number of ether oxygens (including phenoxy) is 1. The van der Waals surface area contributed by atoms with Crippen LogP contribution in [0, 0.1) is 0 Å². The van der Waals surface area contributed by atoms with Crippen molar-refractivity contribution in [1.82, 2.24) is 0 Å². The van der Waals surface area contributed by atoms with Crippen molar-refractivity contribution in [2.75, 3.05) is 6.61 Å². The third kappa shape index (κ3) is 4.96. The van der Waals surface area contributed by atoms with Gasteiger partial charge < -0.3 is 0 Å². The molecule has 4 rings (SSSR count). The quantitative estimate of drug-likeness (QED) is 0.306. The number of benzene rings is 4. The van der Waals surface area contributed by atoms with E-state index >= 15 is 0 Å². The van der Waals surface area contributed by atoms with E-state index in [1.165, 1.54) is 0 Å². The van der Waals surface area contributed by atoms with Crippen LogP contribution in [0.2, 0.25) is 10.0 Å². The second-order valence-corrected chi connectivity index (χ2v) is 17.4. The molecule has 32 heavy (non-hydrogen) atoms. The summed E-state index contributed by atoms with van der Waals surface area (Å²) in [5.74, 6) is -0.0590. The number of hydrogen-bond acceptors (Lipinski definition) is 3. The predicted molar refractivity (Wildman–Crippen MR) is 132 cm³/mol. The molecule has 160 valence electrons. The van der Waals surface area contributed by atoms with Crippen molar-refractivity contribution >= 4 is 58.7 Å². The first-order valence-electron chi connectivity index (χ1n) is 10.1. The molecule has 0 unspecified atom stereocenters. The molecule has 0 aliphatic rings. The molecule has 6 heteroatoms. The minimum atomic E-state index is -4.15. The third-order valence-electron chi connectivity index (χ3n) is 5.05. The van der Waals surface area contributed by atoms with Crippen LogP contribution in [0.15, 0.2) is 109 Å². The monoisotopic (exact) mass is 570 g/mol. The van der Waals surface area contributed by atoms with Gasteiger partial charge in [0.2, 0.25) is 0 Å².